The Kier molecular flexibility index (Phi) is 4.58. The number of hydrogen-bond donors (Lipinski definition) is 1. The van der Waals surface area contributed by atoms with Gasteiger partial charge in [-0.15, -0.1) is 0 Å². The molecule has 0 aromatic heterocycles. The van der Waals surface area contributed by atoms with Crippen LogP contribution in [0.3, 0.4) is 0 Å². The third kappa shape index (κ3) is 3.58. The van der Waals surface area contributed by atoms with Crippen LogP contribution >= 0.6 is 0 Å². The van der Waals surface area contributed by atoms with Crippen molar-refractivity contribution < 1.29 is 4.74 Å². The van der Waals surface area contributed by atoms with E-state index in [9.17, 15) is 0 Å². The highest BCUT2D eigenvalue weighted by Crippen LogP contribution is 2.19. The summed E-state index contributed by atoms with van der Waals surface area (Å²) in [7, 11) is 1.71. The number of para-hydroxylation sites is 1. The van der Waals surface area contributed by atoms with Gasteiger partial charge in [0.1, 0.15) is 5.75 Å². The van der Waals surface area contributed by atoms with Crippen LogP contribution in [-0.2, 0) is 6.54 Å². The maximum Gasteiger partial charge on any atom is 0.123 e. The van der Waals surface area contributed by atoms with Crippen LogP contribution in [0.15, 0.2) is 48.5 Å². The van der Waals surface area contributed by atoms with Gasteiger partial charge in [0.15, 0.2) is 0 Å². The smallest absolute Gasteiger partial charge is 0.123 e. The third-order valence-corrected chi connectivity index (χ3v) is 3.37. The lowest BCUT2D eigenvalue weighted by Crippen LogP contribution is -2.18. The Hall–Kier alpha value is -1.80. The van der Waals surface area contributed by atoms with Crippen LogP contribution < -0.4 is 10.1 Å². The highest BCUT2D eigenvalue weighted by molar-refractivity contribution is 5.33. The maximum atomic E-state index is 5.36. The van der Waals surface area contributed by atoms with Crippen molar-refractivity contribution in [3.8, 4) is 5.75 Å². The van der Waals surface area contributed by atoms with Gasteiger partial charge in [0.25, 0.3) is 0 Å². The number of ether oxygens (including phenoxy) is 1. The summed E-state index contributed by atoms with van der Waals surface area (Å²) in [5, 5.41) is 3.53. The van der Waals surface area contributed by atoms with E-state index in [2.05, 4.69) is 49.5 Å². The molecule has 2 aromatic rings. The van der Waals surface area contributed by atoms with Gasteiger partial charge < -0.3 is 10.1 Å². The van der Waals surface area contributed by atoms with Gasteiger partial charge in [-0.1, -0.05) is 48.0 Å². The molecule has 0 spiro atoms. The third-order valence-electron chi connectivity index (χ3n) is 3.37. The molecule has 1 N–H and O–H groups in total. The predicted molar refractivity (Wildman–Crippen MR) is 79.4 cm³/mol. The van der Waals surface area contributed by atoms with Gasteiger partial charge in [0.2, 0.25) is 0 Å². The summed E-state index contributed by atoms with van der Waals surface area (Å²) >= 11 is 0. The van der Waals surface area contributed by atoms with Gasteiger partial charge in [-0.2, -0.15) is 0 Å². The molecule has 1 unspecified atom stereocenters. The fourth-order valence-electron chi connectivity index (χ4n) is 2.09. The summed E-state index contributed by atoms with van der Waals surface area (Å²) in [5.41, 5.74) is 3.78. The quantitative estimate of drug-likeness (QED) is 0.876. The second-order valence-corrected chi connectivity index (χ2v) is 4.83. The minimum Gasteiger partial charge on any atom is -0.496 e. The molecule has 0 aliphatic carbocycles. The molecular formula is C17H21NO. The second kappa shape index (κ2) is 6.39. The Labute approximate surface area is 115 Å². The fourth-order valence-corrected chi connectivity index (χ4v) is 2.09. The van der Waals surface area contributed by atoms with Crippen molar-refractivity contribution in [2.24, 2.45) is 0 Å². The number of methoxy groups -OCH3 is 1. The molecule has 2 rings (SSSR count). The molecule has 0 aliphatic rings. The van der Waals surface area contributed by atoms with Gasteiger partial charge in [0, 0.05) is 18.2 Å². The molecule has 0 amide bonds. The average molecular weight is 255 g/mol. The van der Waals surface area contributed by atoms with E-state index in [4.69, 9.17) is 4.74 Å². The number of hydrogen-bond acceptors (Lipinski definition) is 2. The van der Waals surface area contributed by atoms with Crippen molar-refractivity contribution in [3.63, 3.8) is 0 Å². The van der Waals surface area contributed by atoms with E-state index in [1.165, 1.54) is 16.7 Å². The van der Waals surface area contributed by atoms with Crippen molar-refractivity contribution >= 4 is 0 Å². The summed E-state index contributed by atoms with van der Waals surface area (Å²) in [6, 6.07) is 17.1. The molecule has 0 radical (unpaired) electrons. The van der Waals surface area contributed by atoms with Gasteiger partial charge in [-0.25, -0.2) is 0 Å². The highest BCUT2D eigenvalue weighted by Gasteiger charge is 2.06. The lowest BCUT2D eigenvalue weighted by Gasteiger charge is -2.16. The first-order valence-electron chi connectivity index (χ1n) is 6.62. The van der Waals surface area contributed by atoms with E-state index in [0.717, 1.165) is 12.3 Å². The molecule has 0 bridgehead atoms. The number of aryl methyl sites for hydroxylation is 1. The number of rotatable bonds is 5. The van der Waals surface area contributed by atoms with Crippen molar-refractivity contribution in [3.05, 3.63) is 65.2 Å². The molecule has 1 atom stereocenters. The van der Waals surface area contributed by atoms with Crippen LogP contribution in [0, 0.1) is 6.92 Å². The first-order valence-corrected chi connectivity index (χ1v) is 6.62. The van der Waals surface area contributed by atoms with Crippen molar-refractivity contribution in [1.29, 1.82) is 0 Å². The molecule has 2 heteroatoms. The topological polar surface area (TPSA) is 21.3 Å². The van der Waals surface area contributed by atoms with E-state index in [1.807, 2.05) is 18.2 Å². The monoisotopic (exact) mass is 255 g/mol. The first-order chi connectivity index (χ1) is 9.20. The summed E-state index contributed by atoms with van der Waals surface area (Å²) in [4.78, 5) is 0. The van der Waals surface area contributed by atoms with Crippen molar-refractivity contribution in [2.75, 3.05) is 7.11 Å². The van der Waals surface area contributed by atoms with Crippen LogP contribution in [0.2, 0.25) is 0 Å². The van der Waals surface area contributed by atoms with Gasteiger partial charge in [-0.05, 0) is 25.5 Å². The SMILES string of the molecule is COc1ccccc1CNC(C)c1ccc(C)cc1. The summed E-state index contributed by atoms with van der Waals surface area (Å²) in [5.74, 6) is 0.936. The van der Waals surface area contributed by atoms with E-state index >= 15 is 0 Å². The van der Waals surface area contributed by atoms with E-state index in [1.54, 1.807) is 7.11 Å². The lowest BCUT2D eigenvalue weighted by atomic mass is 10.1. The van der Waals surface area contributed by atoms with E-state index in [-0.39, 0.29) is 0 Å². The minimum absolute atomic E-state index is 0.325. The molecule has 0 saturated heterocycles. The largest absolute Gasteiger partial charge is 0.496 e. The zero-order valence-electron chi connectivity index (χ0n) is 11.8. The normalized spacial score (nSPS) is 12.2. The first kappa shape index (κ1) is 13.6. The Morgan fingerprint density at radius 1 is 1.05 bits per heavy atom. The van der Waals surface area contributed by atoms with Gasteiger partial charge in [0.05, 0.1) is 7.11 Å². The van der Waals surface area contributed by atoms with Crippen LogP contribution in [0.4, 0.5) is 0 Å². The van der Waals surface area contributed by atoms with Crippen LogP contribution in [0.25, 0.3) is 0 Å². The maximum absolute atomic E-state index is 5.36. The second-order valence-electron chi connectivity index (χ2n) is 4.83. The molecule has 2 aromatic carbocycles. The fraction of sp³-hybridized carbons (Fsp3) is 0.294. The lowest BCUT2D eigenvalue weighted by molar-refractivity contribution is 0.406. The molecule has 0 fully saturated rings. The Balaban J connectivity index is 2.00. The molecular weight excluding hydrogens is 234 g/mol. The van der Waals surface area contributed by atoms with Gasteiger partial charge in [-0.3, -0.25) is 0 Å². The van der Waals surface area contributed by atoms with Crippen molar-refractivity contribution in [1.82, 2.24) is 5.32 Å². The number of nitrogens with one attached hydrogen (secondary N) is 1. The van der Waals surface area contributed by atoms with Crippen LogP contribution in [-0.4, -0.2) is 7.11 Å². The number of benzene rings is 2. The minimum atomic E-state index is 0.325. The van der Waals surface area contributed by atoms with E-state index in [0.29, 0.717) is 6.04 Å². The van der Waals surface area contributed by atoms with Gasteiger partial charge >= 0.3 is 0 Å². The Morgan fingerprint density at radius 2 is 1.74 bits per heavy atom. The summed E-state index contributed by atoms with van der Waals surface area (Å²) in [6.45, 7) is 5.09. The predicted octanol–water partition coefficient (Wildman–Crippen LogP) is 3.85. The van der Waals surface area contributed by atoms with Crippen LogP contribution in [0.1, 0.15) is 29.7 Å². The van der Waals surface area contributed by atoms with Crippen molar-refractivity contribution in [2.45, 2.75) is 26.4 Å². The molecule has 0 heterocycles. The summed E-state index contributed by atoms with van der Waals surface area (Å²) < 4.78 is 5.36. The zero-order chi connectivity index (χ0) is 13.7. The average Bonchev–Trinajstić information content (AvgIpc) is 2.45. The molecule has 19 heavy (non-hydrogen) atoms. The molecule has 100 valence electrons. The summed E-state index contributed by atoms with van der Waals surface area (Å²) in [6.07, 6.45) is 0. The molecule has 2 nitrogen and oxygen atoms in total. The molecule has 0 aliphatic heterocycles. The standard InChI is InChI=1S/C17H21NO/c1-13-8-10-15(11-9-13)14(2)18-12-16-6-4-5-7-17(16)19-3/h4-11,14,18H,12H2,1-3H3. The Morgan fingerprint density at radius 3 is 2.42 bits per heavy atom. The van der Waals surface area contributed by atoms with E-state index < -0.39 is 0 Å². The Bertz CT molecular complexity index is 519. The molecule has 0 saturated carbocycles. The van der Waals surface area contributed by atoms with Crippen LogP contribution in [0.5, 0.6) is 5.75 Å². The highest BCUT2D eigenvalue weighted by atomic mass is 16.5. The zero-order valence-corrected chi connectivity index (χ0v) is 11.8.